The molecule has 5 saturated carbocycles. The number of hydrogen-bond donors (Lipinski definition) is 0. The van der Waals surface area contributed by atoms with E-state index in [0.717, 1.165) is 25.7 Å². The van der Waals surface area contributed by atoms with E-state index in [9.17, 15) is 14.4 Å². The molecule has 10 unspecified atom stereocenters. The van der Waals surface area contributed by atoms with Crippen LogP contribution >= 0.6 is 0 Å². The third-order valence-corrected chi connectivity index (χ3v) is 14.4. The molecule has 0 aliphatic heterocycles. The van der Waals surface area contributed by atoms with E-state index in [1.54, 1.807) is 6.92 Å². The van der Waals surface area contributed by atoms with Gasteiger partial charge in [0.2, 0.25) is 0 Å². The van der Waals surface area contributed by atoms with Crippen molar-refractivity contribution in [1.82, 2.24) is 0 Å². The van der Waals surface area contributed by atoms with Crippen LogP contribution in [0.3, 0.4) is 0 Å². The number of esters is 2. The summed E-state index contributed by atoms with van der Waals surface area (Å²) < 4.78 is 11.5. The number of ether oxygens (including phenoxy) is 2. The lowest BCUT2D eigenvalue weighted by atomic mass is 9.30. The minimum absolute atomic E-state index is 0.0519. The van der Waals surface area contributed by atoms with Crippen molar-refractivity contribution in [1.29, 1.82) is 0 Å². The summed E-state index contributed by atoms with van der Waals surface area (Å²) in [5.74, 6) is 0.982. The number of hydrogen-bond acceptors (Lipinski definition) is 5. The van der Waals surface area contributed by atoms with Crippen LogP contribution in [0.1, 0.15) is 127 Å². The molecular weight excluding hydrogens is 488 g/mol. The van der Waals surface area contributed by atoms with Crippen molar-refractivity contribution in [2.75, 3.05) is 6.61 Å². The Morgan fingerprint density at radius 3 is 2.03 bits per heavy atom. The van der Waals surface area contributed by atoms with Gasteiger partial charge in [0.1, 0.15) is 0 Å². The quantitative estimate of drug-likeness (QED) is 0.345. The summed E-state index contributed by atoms with van der Waals surface area (Å²) in [5, 5.41) is 0. The van der Waals surface area contributed by atoms with Gasteiger partial charge in [-0.15, -0.1) is 0 Å². The Balaban J connectivity index is 1.53. The first kappa shape index (κ1) is 29.1. The highest BCUT2D eigenvalue weighted by atomic mass is 16.5. The fraction of sp³-hybridized carbons (Fsp3) is 0.912. The Bertz CT molecular complexity index is 1050. The van der Waals surface area contributed by atoms with Gasteiger partial charge in [-0.1, -0.05) is 48.5 Å². The van der Waals surface area contributed by atoms with Crippen molar-refractivity contribution in [3.05, 3.63) is 0 Å². The number of fused-ring (bicyclic) bond motifs is 7. The Hall–Kier alpha value is -1.39. The summed E-state index contributed by atoms with van der Waals surface area (Å²) in [5.41, 5.74) is 0.790. The van der Waals surface area contributed by atoms with Gasteiger partial charge in [-0.25, -0.2) is 0 Å². The van der Waals surface area contributed by atoms with Crippen molar-refractivity contribution in [2.24, 2.45) is 56.2 Å². The number of carbonyl (C=O) groups is 3. The molecule has 0 bridgehead atoms. The highest BCUT2D eigenvalue weighted by Gasteiger charge is 2.72. The summed E-state index contributed by atoms with van der Waals surface area (Å²) in [6, 6.07) is 0. The lowest BCUT2D eigenvalue weighted by Crippen LogP contribution is -2.69. The molecule has 0 aromatic heterocycles. The summed E-state index contributed by atoms with van der Waals surface area (Å²) in [6.07, 6.45) is 10.5. The third kappa shape index (κ3) is 4.09. The first-order valence-corrected chi connectivity index (χ1v) is 15.8. The molecule has 0 aromatic rings. The van der Waals surface area contributed by atoms with Gasteiger partial charge < -0.3 is 9.47 Å². The Morgan fingerprint density at radius 1 is 0.769 bits per heavy atom. The number of carbonyl (C=O) groups excluding carboxylic acids is 3. The molecule has 0 N–H and O–H groups in total. The zero-order chi connectivity index (χ0) is 28.8. The summed E-state index contributed by atoms with van der Waals surface area (Å²) in [6.45, 7) is 20.6. The zero-order valence-corrected chi connectivity index (χ0v) is 26.2. The fourth-order valence-corrected chi connectivity index (χ4v) is 11.7. The van der Waals surface area contributed by atoms with Gasteiger partial charge in [0, 0.05) is 25.2 Å². The molecule has 5 rings (SSSR count). The average Bonchev–Trinajstić information content (AvgIpc) is 2.84. The maximum atomic E-state index is 13.4. The van der Waals surface area contributed by atoms with Crippen molar-refractivity contribution >= 4 is 17.7 Å². The van der Waals surface area contributed by atoms with E-state index in [-0.39, 0.29) is 50.7 Å². The van der Waals surface area contributed by atoms with E-state index in [1.165, 1.54) is 39.0 Å². The molecule has 0 saturated heterocycles. The number of rotatable bonds is 3. The molecule has 5 fully saturated rings. The predicted molar refractivity (Wildman–Crippen MR) is 152 cm³/mol. The Kier molecular flexibility index (Phi) is 6.76. The molecular formula is C34H54O5. The van der Waals surface area contributed by atoms with Gasteiger partial charge in [0.05, 0.1) is 6.61 Å². The Labute approximate surface area is 236 Å². The van der Waals surface area contributed by atoms with Gasteiger partial charge in [-0.2, -0.15) is 0 Å². The molecule has 10 atom stereocenters. The molecule has 5 heteroatoms. The van der Waals surface area contributed by atoms with E-state index >= 15 is 0 Å². The molecule has 0 radical (unpaired) electrons. The second kappa shape index (κ2) is 9.05. The van der Waals surface area contributed by atoms with Crippen LogP contribution in [0.5, 0.6) is 0 Å². The zero-order valence-electron chi connectivity index (χ0n) is 26.2. The normalized spacial score (nSPS) is 50.5. The van der Waals surface area contributed by atoms with Crippen molar-refractivity contribution in [3.8, 4) is 0 Å². The number of ketones is 1. The highest BCUT2D eigenvalue weighted by molar-refractivity contribution is 5.88. The molecule has 5 nitrogen and oxygen atoms in total. The summed E-state index contributed by atoms with van der Waals surface area (Å²) in [4.78, 5) is 37.3. The SMILES string of the molecule is CC(=O)OCC12CCC(C)(C)CC1C1(C)CCC3(C)C4CC(OC(C)=O)C(=O)C(C)C4(C)CCC3C1(C)CC2. The van der Waals surface area contributed by atoms with Crippen LogP contribution in [0.4, 0.5) is 0 Å². The molecule has 0 aromatic carbocycles. The van der Waals surface area contributed by atoms with E-state index in [2.05, 4.69) is 48.5 Å². The van der Waals surface area contributed by atoms with Crippen molar-refractivity contribution in [2.45, 2.75) is 133 Å². The topological polar surface area (TPSA) is 69.7 Å². The third-order valence-electron chi connectivity index (χ3n) is 14.4. The molecule has 0 heterocycles. The van der Waals surface area contributed by atoms with Crippen LogP contribution in [0.15, 0.2) is 0 Å². The predicted octanol–water partition coefficient (Wildman–Crippen LogP) is 7.54. The monoisotopic (exact) mass is 542 g/mol. The summed E-state index contributed by atoms with van der Waals surface area (Å²) in [7, 11) is 0. The minimum atomic E-state index is -0.603. The van der Waals surface area contributed by atoms with E-state index in [4.69, 9.17) is 9.47 Å². The molecule has 39 heavy (non-hydrogen) atoms. The Morgan fingerprint density at radius 2 is 1.38 bits per heavy atom. The van der Waals surface area contributed by atoms with Crippen LogP contribution in [-0.4, -0.2) is 30.4 Å². The maximum absolute atomic E-state index is 13.4. The van der Waals surface area contributed by atoms with E-state index < -0.39 is 6.10 Å². The van der Waals surface area contributed by atoms with Crippen LogP contribution in [0.2, 0.25) is 0 Å². The largest absolute Gasteiger partial charge is 0.465 e. The highest BCUT2D eigenvalue weighted by Crippen LogP contribution is 2.78. The molecule has 220 valence electrons. The summed E-state index contributed by atoms with van der Waals surface area (Å²) >= 11 is 0. The van der Waals surface area contributed by atoms with E-state index in [1.807, 2.05) is 0 Å². The van der Waals surface area contributed by atoms with Gasteiger partial charge in [0.25, 0.3) is 0 Å². The standard InChI is InChI=1S/C34H54O5/c1-21-28(37)24(39-23(3)36)18-26-30(21,6)11-10-25-31(26,7)13-14-33(9)27-19-29(4,5)12-16-34(27,20-38-22(2)35)17-15-32(25,33)8/h21,24-27H,10-20H2,1-9H3. The fourth-order valence-electron chi connectivity index (χ4n) is 11.7. The van der Waals surface area contributed by atoms with Gasteiger partial charge in [-0.3, -0.25) is 14.4 Å². The van der Waals surface area contributed by atoms with Crippen molar-refractivity contribution < 1.29 is 23.9 Å². The first-order valence-electron chi connectivity index (χ1n) is 15.8. The second-order valence-corrected chi connectivity index (χ2v) is 16.5. The maximum Gasteiger partial charge on any atom is 0.303 e. The van der Waals surface area contributed by atoms with E-state index in [0.29, 0.717) is 36.2 Å². The number of Topliss-reactive ketones (excluding diaryl/α,β-unsaturated/α-hetero) is 1. The van der Waals surface area contributed by atoms with Crippen LogP contribution in [-0.2, 0) is 23.9 Å². The molecule has 5 aliphatic rings. The first-order chi connectivity index (χ1) is 17.9. The van der Waals surface area contributed by atoms with Gasteiger partial charge >= 0.3 is 11.9 Å². The lowest BCUT2D eigenvalue weighted by Gasteiger charge is -2.75. The molecule has 5 aliphatic carbocycles. The lowest BCUT2D eigenvalue weighted by molar-refractivity contribution is -0.267. The van der Waals surface area contributed by atoms with Gasteiger partial charge in [0.15, 0.2) is 11.9 Å². The van der Waals surface area contributed by atoms with Crippen LogP contribution < -0.4 is 0 Å². The minimum Gasteiger partial charge on any atom is -0.465 e. The molecule has 0 spiro atoms. The van der Waals surface area contributed by atoms with Gasteiger partial charge in [-0.05, 0) is 109 Å². The second-order valence-electron chi connectivity index (χ2n) is 16.5. The molecule has 0 amide bonds. The van der Waals surface area contributed by atoms with Crippen molar-refractivity contribution in [3.63, 3.8) is 0 Å². The smallest absolute Gasteiger partial charge is 0.303 e. The van der Waals surface area contributed by atoms with Crippen LogP contribution in [0.25, 0.3) is 0 Å². The average molecular weight is 543 g/mol. The van der Waals surface area contributed by atoms with Crippen LogP contribution in [0, 0.1) is 56.2 Å².